The fourth-order valence-electron chi connectivity index (χ4n) is 1.37. The molecule has 0 heterocycles. The van der Waals surface area contributed by atoms with Gasteiger partial charge in [0.05, 0.1) is 12.2 Å². The van der Waals surface area contributed by atoms with Gasteiger partial charge in [-0.3, -0.25) is 0 Å². The third kappa shape index (κ3) is 7.28. The Morgan fingerprint density at radius 1 is 1.22 bits per heavy atom. The van der Waals surface area contributed by atoms with Gasteiger partial charge in [-0.2, -0.15) is 0 Å². The summed E-state index contributed by atoms with van der Waals surface area (Å²) in [5.41, 5.74) is -0.354. The lowest BCUT2D eigenvalue weighted by Crippen LogP contribution is -2.32. The van der Waals surface area contributed by atoms with Gasteiger partial charge in [-0.25, -0.2) is 4.79 Å². The lowest BCUT2D eigenvalue weighted by atomic mass is 10.0. The highest BCUT2D eigenvalue weighted by atomic mass is 16.6. The van der Waals surface area contributed by atoms with Crippen molar-refractivity contribution in [1.29, 1.82) is 0 Å². The van der Waals surface area contributed by atoms with Crippen LogP contribution < -0.4 is 0 Å². The van der Waals surface area contributed by atoms with Gasteiger partial charge >= 0.3 is 5.97 Å². The van der Waals surface area contributed by atoms with E-state index >= 15 is 0 Å². The van der Waals surface area contributed by atoms with Crippen LogP contribution in [0.25, 0.3) is 0 Å². The van der Waals surface area contributed by atoms with Crippen molar-refractivity contribution in [2.24, 2.45) is 0 Å². The van der Waals surface area contributed by atoms with Gasteiger partial charge in [0, 0.05) is 12.0 Å². The predicted octanol–water partition coefficient (Wildman–Crippen LogP) is 3.65. The normalized spacial score (nSPS) is 12.1. The standard InChI is InChI=1S/C15H26O3/c1-8-9-14(4,5)17-11-10-15(6,7)18-13(16)12(2)3/h8H,1-2,9-11H2,3-7H3. The molecule has 18 heavy (non-hydrogen) atoms. The second-order valence-electron chi connectivity index (χ2n) is 5.78. The third-order valence-corrected chi connectivity index (χ3v) is 2.55. The topological polar surface area (TPSA) is 35.5 Å². The summed E-state index contributed by atoms with van der Waals surface area (Å²) >= 11 is 0. The summed E-state index contributed by atoms with van der Waals surface area (Å²) in [4.78, 5) is 11.4. The van der Waals surface area contributed by atoms with Gasteiger partial charge in [-0.15, -0.1) is 6.58 Å². The number of esters is 1. The maximum atomic E-state index is 11.4. The molecule has 0 radical (unpaired) electrons. The van der Waals surface area contributed by atoms with Crippen LogP contribution in [-0.4, -0.2) is 23.8 Å². The van der Waals surface area contributed by atoms with Gasteiger partial charge in [-0.1, -0.05) is 12.7 Å². The first kappa shape index (κ1) is 16.9. The van der Waals surface area contributed by atoms with Gasteiger partial charge < -0.3 is 9.47 Å². The molecular weight excluding hydrogens is 228 g/mol. The molecule has 0 aromatic carbocycles. The van der Waals surface area contributed by atoms with E-state index in [0.29, 0.717) is 18.6 Å². The molecule has 0 N–H and O–H groups in total. The van der Waals surface area contributed by atoms with Crippen LogP contribution in [0.4, 0.5) is 0 Å². The zero-order chi connectivity index (χ0) is 14.4. The maximum Gasteiger partial charge on any atom is 0.333 e. The van der Waals surface area contributed by atoms with E-state index in [0.717, 1.165) is 6.42 Å². The Morgan fingerprint density at radius 3 is 2.22 bits per heavy atom. The molecule has 0 aliphatic carbocycles. The molecule has 0 spiro atoms. The predicted molar refractivity (Wildman–Crippen MR) is 74.4 cm³/mol. The molecule has 0 saturated heterocycles. The van der Waals surface area contributed by atoms with Crippen molar-refractivity contribution in [3.8, 4) is 0 Å². The van der Waals surface area contributed by atoms with Crippen LogP contribution in [0.15, 0.2) is 24.8 Å². The minimum absolute atomic E-state index is 0.226. The van der Waals surface area contributed by atoms with Crippen molar-refractivity contribution in [3.63, 3.8) is 0 Å². The fraction of sp³-hybridized carbons (Fsp3) is 0.667. The molecule has 3 nitrogen and oxygen atoms in total. The smallest absolute Gasteiger partial charge is 0.333 e. The van der Waals surface area contributed by atoms with Crippen molar-refractivity contribution in [2.75, 3.05) is 6.61 Å². The van der Waals surface area contributed by atoms with Crippen molar-refractivity contribution in [2.45, 2.75) is 58.7 Å². The number of hydrogen-bond acceptors (Lipinski definition) is 3. The SMILES string of the molecule is C=CCC(C)(C)OCCC(C)(C)OC(=O)C(=C)C. The van der Waals surface area contributed by atoms with E-state index in [-0.39, 0.29) is 11.6 Å². The highest BCUT2D eigenvalue weighted by Gasteiger charge is 2.25. The minimum atomic E-state index is -0.541. The zero-order valence-electron chi connectivity index (χ0n) is 12.3. The Kier molecular flexibility index (Phi) is 6.33. The van der Waals surface area contributed by atoms with E-state index in [1.54, 1.807) is 6.92 Å². The summed E-state index contributed by atoms with van der Waals surface area (Å²) < 4.78 is 11.1. The Hall–Kier alpha value is -1.09. The largest absolute Gasteiger partial charge is 0.456 e. The first-order valence-electron chi connectivity index (χ1n) is 6.23. The molecule has 0 saturated carbocycles. The fourth-order valence-corrected chi connectivity index (χ4v) is 1.37. The molecule has 0 unspecified atom stereocenters. The number of carbonyl (C=O) groups is 1. The van der Waals surface area contributed by atoms with Crippen LogP contribution in [0.3, 0.4) is 0 Å². The van der Waals surface area contributed by atoms with Crippen molar-refractivity contribution >= 4 is 5.97 Å². The second kappa shape index (κ2) is 6.74. The van der Waals surface area contributed by atoms with E-state index in [9.17, 15) is 4.79 Å². The Labute approximate surface area is 111 Å². The average molecular weight is 254 g/mol. The van der Waals surface area contributed by atoms with E-state index in [4.69, 9.17) is 9.47 Å². The summed E-state index contributed by atoms with van der Waals surface area (Å²) in [5.74, 6) is -0.356. The van der Waals surface area contributed by atoms with Crippen LogP contribution in [0, 0.1) is 0 Å². The number of ether oxygens (including phenoxy) is 2. The zero-order valence-corrected chi connectivity index (χ0v) is 12.3. The quantitative estimate of drug-likeness (QED) is 0.377. The molecule has 3 heteroatoms. The molecule has 104 valence electrons. The van der Waals surface area contributed by atoms with Gasteiger partial charge in [0.2, 0.25) is 0 Å². The van der Waals surface area contributed by atoms with Gasteiger partial charge in [-0.05, 0) is 41.0 Å². The summed E-state index contributed by atoms with van der Waals surface area (Å²) in [6.07, 6.45) is 3.28. The number of hydrogen-bond donors (Lipinski definition) is 0. The minimum Gasteiger partial charge on any atom is -0.456 e. The Morgan fingerprint density at radius 2 is 1.78 bits per heavy atom. The van der Waals surface area contributed by atoms with Crippen LogP contribution in [0.1, 0.15) is 47.5 Å². The highest BCUT2D eigenvalue weighted by Crippen LogP contribution is 2.20. The molecule has 0 aliphatic heterocycles. The molecule has 0 fully saturated rings. The monoisotopic (exact) mass is 254 g/mol. The van der Waals surface area contributed by atoms with Crippen molar-refractivity contribution < 1.29 is 14.3 Å². The average Bonchev–Trinajstić information content (AvgIpc) is 2.15. The van der Waals surface area contributed by atoms with Gasteiger partial charge in [0.25, 0.3) is 0 Å². The summed E-state index contributed by atoms with van der Waals surface area (Å²) in [6.45, 7) is 17.2. The van der Waals surface area contributed by atoms with Crippen molar-refractivity contribution in [3.05, 3.63) is 24.8 Å². The maximum absolute atomic E-state index is 11.4. The molecule has 0 atom stereocenters. The van der Waals surface area contributed by atoms with Gasteiger partial charge in [0.15, 0.2) is 0 Å². The van der Waals surface area contributed by atoms with Crippen LogP contribution in [-0.2, 0) is 14.3 Å². The van der Waals surface area contributed by atoms with Crippen molar-refractivity contribution in [1.82, 2.24) is 0 Å². The van der Waals surface area contributed by atoms with E-state index in [1.807, 2.05) is 33.8 Å². The third-order valence-electron chi connectivity index (χ3n) is 2.55. The van der Waals surface area contributed by atoms with E-state index < -0.39 is 5.60 Å². The summed E-state index contributed by atoms with van der Waals surface area (Å²) in [6, 6.07) is 0. The van der Waals surface area contributed by atoms with Crippen LogP contribution >= 0.6 is 0 Å². The number of rotatable bonds is 8. The van der Waals surface area contributed by atoms with E-state index in [1.165, 1.54) is 0 Å². The molecular formula is C15H26O3. The first-order chi connectivity index (χ1) is 8.09. The molecule has 0 aliphatic rings. The molecule has 0 rings (SSSR count). The van der Waals surface area contributed by atoms with Crippen LogP contribution in [0.2, 0.25) is 0 Å². The summed E-state index contributed by atoms with van der Waals surface area (Å²) in [7, 11) is 0. The first-order valence-corrected chi connectivity index (χ1v) is 6.23. The molecule has 0 bridgehead atoms. The number of carbonyl (C=O) groups excluding carboxylic acids is 1. The molecule has 0 aromatic heterocycles. The van der Waals surface area contributed by atoms with Gasteiger partial charge in [0.1, 0.15) is 5.60 Å². The van der Waals surface area contributed by atoms with E-state index in [2.05, 4.69) is 13.2 Å². The molecule has 0 aromatic rings. The Balaban J connectivity index is 4.15. The second-order valence-corrected chi connectivity index (χ2v) is 5.78. The lowest BCUT2D eigenvalue weighted by Gasteiger charge is -2.29. The van der Waals surface area contributed by atoms with Crippen LogP contribution in [0.5, 0.6) is 0 Å². The lowest BCUT2D eigenvalue weighted by molar-refractivity contribution is -0.154. The molecule has 0 amide bonds. The Bertz CT molecular complexity index is 314. The summed E-state index contributed by atoms with van der Waals surface area (Å²) in [5, 5.41) is 0. The highest BCUT2D eigenvalue weighted by molar-refractivity contribution is 5.87.